The number of nitrogens with zero attached hydrogens (tertiary/aromatic N) is 3. The number of aldehydes is 1. The molecule has 6 heteroatoms. The van der Waals surface area contributed by atoms with Crippen molar-refractivity contribution in [2.24, 2.45) is 10.2 Å². The summed E-state index contributed by atoms with van der Waals surface area (Å²) in [7, 11) is 0. The van der Waals surface area contributed by atoms with E-state index in [4.69, 9.17) is 0 Å². The van der Waals surface area contributed by atoms with E-state index in [0.717, 1.165) is 0 Å². The van der Waals surface area contributed by atoms with Gasteiger partial charge in [0.25, 0.3) is 5.69 Å². The topological polar surface area (TPSA) is 84.9 Å². The van der Waals surface area contributed by atoms with Crippen molar-refractivity contribution in [1.29, 1.82) is 0 Å². The monoisotopic (exact) mass is 305 g/mol. The standard InChI is InChI=1S/C17H11N3O3/c21-11-12-10-16(20(22)23)14-8-4-5-9-15(14)17(12)19-18-13-6-2-1-3-7-13/h1-11H. The van der Waals surface area contributed by atoms with Gasteiger partial charge in [0.2, 0.25) is 0 Å². The van der Waals surface area contributed by atoms with E-state index in [-0.39, 0.29) is 11.3 Å². The Morgan fingerprint density at radius 1 is 0.913 bits per heavy atom. The molecule has 23 heavy (non-hydrogen) atoms. The van der Waals surface area contributed by atoms with Gasteiger partial charge in [-0.3, -0.25) is 14.9 Å². The Morgan fingerprint density at radius 3 is 2.22 bits per heavy atom. The van der Waals surface area contributed by atoms with Gasteiger partial charge in [0.05, 0.1) is 16.0 Å². The van der Waals surface area contributed by atoms with Crippen molar-refractivity contribution in [1.82, 2.24) is 0 Å². The lowest BCUT2D eigenvalue weighted by molar-refractivity contribution is -0.383. The predicted molar refractivity (Wildman–Crippen MR) is 86.6 cm³/mol. The second-order valence-electron chi connectivity index (χ2n) is 4.79. The van der Waals surface area contributed by atoms with Crippen molar-refractivity contribution >= 4 is 34.1 Å². The molecule has 0 unspecified atom stereocenters. The Morgan fingerprint density at radius 2 is 1.57 bits per heavy atom. The van der Waals surface area contributed by atoms with E-state index in [2.05, 4.69) is 10.2 Å². The molecule has 0 aliphatic heterocycles. The SMILES string of the molecule is O=Cc1cc([N+](=O)[O-])c2ccccc2c1N=Nc1ccccc1. The van der Waals surface area contributed by atoms with Crippen LogP contribution in [0, 0.1) is 10.1 Å². The lowest BCUT2D eigenvalue weighted by Gasteiger charge is -2.05. The van der Waals surface area contributed by atoms with Crippen LogP contribution in [-0.4, -0.2) is 11.2 Å². The van der Waals surface area contributed by atoms with Crippen LogP contribution in [0.3, 0.4) is 0 Å². The van der Waals surface area contributed by atoms with Gasteiger partial charge >= 0.3 is 0 Å². The van der Waals surface area contributed by atoms with Crippen molar-refractivity contribution in [3.63, 3.8) is 0 Å². The van der Waals surface area contributed by atoms with Gasteiger partial charge in [0, 0.05) is 17.0 Å². The van der Waals surface area contributed by atoms with Crippen molar-refractivity contribution in [3.8, 4) is 0 Å². The van der Waals surface area contributed by atoms with Crippen LogP contribution >= 0.6 is 0 Å². The molecular formula is C17H11N3O3. The molecule has 0 aliphatic carbocycles. The van der Waals surface area contributed by atoms with Crippen molar-refractivity contribution in [2.75, 3.05) is 0 Å². The fraction of sp³-hybridized carbons (Fsp3) is 0. The highest BCUT2D eigenvalue weighted by molar-refractivity contribution is 6.05. The second-order valence-corrected chi connectivity index (χ2v) is 4.79. The average Bonchev–Trinajstić information content (AvgIpc) is 2.59. The first kappa shape index (κ1) is 14.5. The number of benzene rings is 3. The molecule has 6 nitrogen and oxygen atoms in total. The van der Waals surface area contributed by atoms with Gasteiger partial charge in [-0.1, -0.05) is 36.4 Å². The van der Waals surface area contributed by atoms with Gasteiger partial charge in [0.15, 0.2) is 6.29 Å². The number of nitro benzene ring substituents is 1. The molecule has 0 bridgehead atoms. The number of carbonyl (C=O) groups is 1. The largest absolute Gasteiger partial charge is 0.298 e. The summed E-state index contributed by atoms with van der Waals surface area (Å²) in [6.07, 6.45) is 0.554. The molecule has 0 saturated carbocycles. The van der Waals surface area contributed by atoms with Crippen molar-refractivity contribution < 1.29 is 9.72 Å². The summed E-state index contributed by atoms with van der Waals surface area (Å²) in [5.74, 6) is 0. The number of rotatable bonds is 4. The molecule has 3 rings (SSSR count). The zero-order valence-electron chi connectivity index (χ0n) is 11.9. The predicted octanol–water partition coefficient (Wildman–Crippen LogP) is 4.98. The number of non-ortho nitro benzene ring substituents is 1. The van der Waals surface area contributed by atoms with Crippen molar-refractivity contribution in [2.45, 2.75) is 0 Å². The van der Waals surface area contributed by atoms with Gasteiger partial charge in [-0.15, -0.1) is 5.11 Å². The lowest BCUT2D eigenvalue weighted by Crippen LogP contribution is -1.93. The van der Waals surface area contributed by atoms with Crippen LogP contribution in [0.25, 0.3) is 10.8 Å². The molecule has 3 aromatic rings. The highest BCUT2D eigenvalue weighted by Crippen LogP contribution is 2.36. The molecule has 0 aliphatic rings. The number of azo groups is 1. The van der Waals surface area contributed by atoms with Gasteiger partial charge in [-0.05, 0) is 18.2 Å². The summed E-state index contributed by atoms with van der Waals surface area (Å²) >= 11 is 0. The summed E-state index contributed by atoms with van der Waals surface area (Å²) < 4.78 is 0. The first-order chi connectivity index (χ1) is 11.2. The van der Waals surface area contributed by atoms with Crippen LogP contribution in [0.2, 0.25) is 0 Å². The first-order valence-corrected chi connectivity index (χ1v) is 6.83. The van der Waals surface area contributed by atoms with E-state index in [0.29, 0.717) is 28.4 Å². The van der Waals surface area contributed by atoms with E-state index in [1.807, 2.05) is 18.2 Å². The quantitative estimate of drug-likeness (QED) is 0.295. The Bertz CT molecular complexity index is 921. The van der Waals surface area contributed by atoms with Crippen LogP contribution in [0.1, 0.15) is 10.4 Å². The molecule has 0 saturated heterocycles. The molecular weight excluding hydrogens is 294 g/mol. The molecule has 0 fully saturated rings. The van der Waals surface area contributed by atoms with Gasteiger partial charge in [-0.2, -0.15) is 5.11 Å². The van der Waals surface area contributed by atoms with E-state index in [9.17, 15) is 14.9 Å². The molecule has 0 amide bonds. The van der Waals surface area contributed by atoms with E-state index in [1.54, 1.807) is 36.4 Å². The van der Waals surface area contributed by atoms with Crippen LogP contribution < -0.4 is 0 Å². The summed E-state index contributed by atoms with van der Waals surface area (Å²) in [6.45, 7) is 0. The third-order valence-electron chi connectivity index (χ3n) is 3.37. The number of nitro groups is 1. The smallest absolute Gasteiger partial charge is 0.278 e. The van der Waals surface area contributed by atoms with Crippen molar-refractivity contribution in [3.05, 3.63) is 76.3 Å². The number of carbonyl (C=O) groups excluding carboxylic acids is 1. The molecule has 0 atom stereocenters. The fourth-order valence-electron chi connectivity index (χ4n) is 2.32. The zero-order chi connectivity index (χ0) is 16.2. The highest BCUT2D eigenvalue weighted by atomic mass is 16.6. The normalized spacial score (nSPS) is 11.0. The number of hydrogen-bond donors (Lipinski definition) is 0. The van der Waals surface area contributed by atoms with E-state index >= 15 is 0 Å². The second kappa shape index (κ2) is 6.15. The number of fused-ring (bicyclic) bond motifs is 1. The minimum Gasteiger partial charge on any atom is -0.298 e. The fourth-order valence-corrected chi connectivity index (χ4v) is 2.32. The lowest BCUT2D eigenvalue weighted by atomic mass is 10.0. The van der Waals surface area contributed by atoms with Gasteiger partial charge in [-0.25, -0.2) is 0 Å². The maximum absolute atomic E-state index is 11.3. The molecule has 3 aromatic carbocycles. The summed E-state index contributed by atoms with van der Waals surface area (Å²) in [4.78, 5) is 22.0. The third kappa shape index (κ3) is 2.82. The maximum atomic E-state index is 11.3. The third-order valence-corrected chi connectivity index (χ3v) is 3.37. The minimum absolute atomic E-state index is 0.124. The van der Waals surface area contributed by atoms with Gasteiger partial charge in [0.1, 0.15) is 5.69 Å². The Labute approximate surface area is 131 Å². The van der Waals surface area contributed by atoms with E-state index < -0.39 is 4.92 Å². The van der Waals surface area contributed by atoms with E-state index in [1.165, 1.54) is 6.07 Å². The van der Waals surface area contributed by atoms with Crippen LogP contribution in [0.5, 0.6) is 0 Å². The maximum Gasteiger partial charge on any atom is 0.278 e. The Balaban J connectivity index is 2.24. The Kier molecular flexibility index (Phi) is 3.88. The average molecular weight is 305 g/mol. The molecule has 0 N–H and O–H groups in total. The van der Waals surface area contributed by atoms with Crippen LogP contribution in [0.15, 0.2) is 70.9 Å². The number of hydrogen-bond acceptors (Lipinski definition) is 5. The zero-order valence-corrected chi connectivity index (χ0v) is 11.9. The summed E-state index contributed by atoms with van der Waals surface area (Å²) in [6, 6.07) is 17.0. The van der Waals surface area contributed by atoms with Crippen LogP contribution in [0.4, 0.5) is 17.1 Å². The highest BCUT2D eigenvalue weighted by Gasteiger charge is 2.18. The summed E-state index contributed by atoms with van der Waals surface area (Å²) in [5, 5.41) is 20.4. The molecule has 112 valence electrons. The molecule has 0 radical (unpaired) electrons. The molecule has 0 spiro atoms. The Hall–Kier alpha value is -3.41. The summed E-state index contributed by atoms with van der Waals surface area (Å²) in [5.41, 5.74) is 0.966. The first-order valence-electron chi connectivity index (χ1n) is 6.83. The molecule has 0 heterocycles. The van der Waals surface area contributed by atoms with Crippen LogP contribution in [-0.2, 0) is 0 Å². The molecule has 0 aromatic heterocycles. The minimum atomic E-state index is -0.506. The van der Waals surface area contributed by atoms with Gasteiger partial charge < -0.3 is 0 Å².